The zero-order valence-corrected chi connectivity index (χ0v) is 13.8. The van der Waals surface area contributed by atoms with Crippen LogP contribution in [-0.2, 0) is 4.79 Å². The third-order valence-corrected chi connectivity index (χ3v) is 3.79. The summed E-state index contributed by atoms with van der Waals surface area (Å²) in [4.78, 5) is 11.9. The smallest absolute Gasteiger partial charge is 0.233 e. The minimum Gasteiger partial charge on any atom is -0.492 e. The summed E-state index contributed by atoms with van der Waals surface area (Å²) in [6.45, 7) is 10.5. The van der Waals surface area contributed by atoms with Crippen molar-refractivity contribution in [3.63, 3.8) is 0 Å². The molecule has 0 heterocycles. The van der Waals surface area contributed by atoms with Gasteiger partial charge in [0.1, 0.15) is 5.75 Å². The molecule has 4 heteroatoms. The standard InChI is InChI=1S/C16H25NO2S/c1-12-8-6-7-9-14(12)19-10-11-20-13(2)15(18)17-16(3,4)5/h6-9,13H,10-11H2,1-5H3,(H,17,18)/t13-/m0/s1. The Morgan fingerprint density at radius 3 is 2.60 bits per heavy atom. The molecule has 0 saturated heterocycles. The van der Waals surface area contributed by atoms with Gasteiger partial charge >= 0.3 is 0 Å². The van der Waals surface area contributed by atoms with Gasteiger partial charge < -0.3 is 10.1 Å². The maximum Gasteiger partial charge on any atom is 0.233 e. The van der Waals surface area contributed by atoms with Crippen molar-refractivity contribution in [3.05, 3.63) is 29.8 Å². The van der Waals surface area contributed by atoms with Crippen molar-refractivity contribution < 1.29 is 9.53 Å². The van der Waals surface area contributed by atoms with E-state index in [9.17, 15) is 4.79 Å². The van der Waals surface area contributed by atoms with Gasteiger partial charge in [0.25, 0.3) is 0 Å². The lowest BCUT2D eigenvalue weighted by atomic mass is 10.1. The highest BCUT2D eigenvalue weighted by atomic mass is 32.2. The minimum absolute atomic E-state index is 0.0605. The van der Waals surface area contributed by atoms with Gasteiger partial charge in [0.15, 0.2) is 0 Å². The molecule has 112 valence electrons. The Hall–Kier alpha value is -1.16. The molecule has 0 spiro atoms. The molecule has 0 aliphatic rings. The lowest BCUT2D eigenvalue weighted by Gasteiger charge is -2.23. The summed E-state index contributed by atoms with van der Waals surface area (Å²) in [5.41, 5.74) is 0.958. The molecular formula is C16H25NO2S. The van der Waals surface area contributed by atoms with Crippen molar-refractivity contribution in [1.82, 2.24) is 5.32 Å². The Labute approximate surface area is 126 Å². The summed E-state index contributed by atoms with van der Waals surface area (Å²) in [6.07, 6.45) is 0. The SMILES string of the molecule is Cc1ccccc1OCCS[C@@H](C)C(=O)NC(C)(C)C. The summed E-state index contributed by atoms with van der Waals surface area (Å²) in [7, 11) is 0. The molecule has 0 fully saturated rings. The van der Waals surface area contributed by atoms with Crippen molar-refractivity contribution in [2.75, 3.05) is 12.4 Å². The van der Waals surface area contributed by atoms with E-state index in [0.717, 1.165) is 17.1 Å². The summed E-state index contributed by atoms with van der Waals surface area (Å²) in [5.74, 6) is 1.80. The summed E-state index contributed by atoms with van der Waals surface area (Å²) >= 11 is 1.61. The Morgan fingerprint density at radius 1 is 1.35 bits per heavy atom. The predicted molar refractivity (Wildman–Crippen MR) is 86.5 cm³/mol. The number of amides is 1. The number of ether oxygens (including phenoxy) is 1. The molecule has 0 saturated carbocycles. The zero-order chi connectivity index (χ0) is 15.2. The van der Waals surface area contributed by atoms with Gasteiger partial charge in [-0.2, -0.15) is 0 Å². The largest absolute Gasteiger partial charge is 0.492 e. The fourth-order valence-electron chi connectivity index (χ4n) is 1.64. The second-order valence-corrected chi connectivity index (χ2v) is 7.31. The second-order valence-electron chi connectivity index (χ2n) is 5.87. The molecule has 0 unspecified atom stereocenters. The van der Waals surface area contributed by atoms with Gasteiger partial charge in [-0.15, -0.1) is 11.8 Å². The number of carbonyl (C=O) groups excluding carboxylic acids is 1. The highest BCUT2D eigenvalue weighted by molar-refractivity contribution is 8.00. The molecule has 0 aliphatic heterocycles. The Morgan fingerprint density at radius 2 is 2.00 bits per heavy atom. The number of rotatable bonds is 6. The summed E-state index contributed by atoms with van der Waals surface area (Å²) in [6, 6.07) is 7.96. The Bertz CT molecular complexity index is 440. The van der Waals surface area contributed by atoms with Gasteiger partial charge in [-0.25, -0.2) is 0 Å². The molecule has 3 nitrogen and oxygen atoms in total. The predicted octanol–water partition coefficient (Wildman–Crippen LogP) is 3.41. The average Bonchev–Trinajstić information content (AvgIpc) is 2.34. The van der Waals surface area contributed by atoms with Crippen molar-refractivity contribution in [1.29, 1.82) is 0 Å². The first-order valence-electron chi connectivity index (χ1n) is 6.91. The number of hydrogen-bond acceptors (Lipinski definition) is 3. The normalized spacial score (nSPS) is 12.8. The minimum atomic E-state index is -0.177. The van der Waals surface area contributed by atoms with Crippen LogP contribution in [0.1, 0.15) is 33.3 Å². The molecule has 1 rings (SSSR count). The van der Waals surface area contributed by atoms with Crippen LogP contribution in [0.3, 0.4) is 0 Å². The highest BCUT2D eigenvalue weighted by Crippen LogP contribution is 2.17. The number of para-hydroxylation sites is 1. The first-order chi connectivity index (χ1) is 9.29. The van der Waals surface area contributed by atoms with Crippen LogP contribution in [0.15, 0.2) is 24.3 Å². The van der Waals surface area contributed by atoms with Crippen LogP contribution >= 0.6 is 11.8 Å². The topological polar surface area (TPSA) is 38.3 Å². The number of benzene rings is 1. The first kappa shape index (κ1) is 16.9. The third-order valence-electron chi connectivity index (χ3n) is 2.67. The van der Waals surface area contributed by atoms with E-state index >= 15 is 0 Å². The van der Waals surface area contributed by atoms with Crippen LogP contribution in [-0.4, -0.2) is 29.1 Å². The fraction of sp³-hybridized carbons (Fsp3) is 0.562. The fourth-order valence-corrected chi connectivity index (χ4v) is 2.39. The van der Waals surface area contributed by atoms with Crippen LogP contribution in [0.5, 0.6) is 5.75 Å². The van der Waals surface area contributed by atoms with Gasteiger partial charge in [0.05, 0.1) is 11.9 Å². The molecule has 1 aromatic rings. The maximum atomic E-state index is 11.9. The van der Waals surface area contributed by atoms with Crippen molar-refractivity contribution in [2.24, 2.45) is 0 Å². The van der Waals surface area contributed by atoms with E-state index < -0.39 is 0 Å². The summed E-state index contributed by atoms with van der Waals surface area (Å²) in [5, 5.41) is 2.93. The van der Waals surface area contributed by atoms with Gasteiger partial charge in [-0.05, 0) is 46.2 Å². The molecule has 1 aromatic carbocycles. The van der Waals surface area contributed by atoms with Crippen molar-refractivity contribution in [3.8, 4) is 5.75 Å². The van der Waals surface area contributed by atoms with Crippen LogP contribution in [0.2, 0.25) is 0 Å². The van der Waals surface area contributed by atoms with Gasteiger partial charge in [0, 0.05) is 11.3 Å². The highest BCUT2D eigenvalue weighted by Gasteiger charge is 2.19. The van der Waals surface area contributed by atoms with Crippen molar-refractivity contribution in [2.45, 2.75) is 45.4 Å². The average molecular weight is 295 g/mol. The van der Waals surface area contributed by atoms with Gasteiger partial charge in [0.2, 0.25) is 5.91 Å². The second kappa shape index (κ2) is 7.58. The molecule has 20 heavy (non-hydrogen) atoms. The van der Waals surface area contributed by atoms with Gasteiger partial charge in [-0.3, -0.25) is 4.79 Å². The lowest BCUT2D eigenvalue weighted by molar-refractivity contribution is -0.121. The number of thioether (sulfide) groups is 1. The lowest BCUT2D eigenvalue weighted by Crippen LogP contribution is -2.44. The zero-order valence-electron chi connectivity index (χ0n) is 13.0. The molecule has 1 atom stereocenters. The van der Waals surface area contributed by atoms with Gasteiger partial charge in [-0.1, -0.05) is 18.2 Å². The van der Waals surface area contributed by atoms with E-state index in [2.05, 4.69) is 5.32 Å². The molecule has 0 aromatic heterocycles. The number of hydrogen-bond donors (Lipinski definition) is 1. The Balaban J connectivity index is 2.27. The quantitative estimate of drug-likeness (QED) is 0.817. The molecule has 1 amide bonds. The molecule has 1 N–H and O–H groups in total. The van der Waals surface area contributed by atoms with E-state index in [-0.39, 0.29) is 16.7 Å². The molecular weight excluding hydrogens is 270 g/mol. The van der Waals surface area contributed by atoms with E-state index in [1.54, 1.807) is 11.8 Å². The number of nitrogens with one attached hydrogen (secondary N) is 1. The molecule has 0 bridgehead atoms. The van der Waals surface area contributed by atoms with Crippen LogP contribution in [0, 0.1) is 6.92 Å². The van der Waals surface area contributed by atoms with E-state index in [0.29, 0.717) is 6.61 Å². The number of carbonyl (C=O) groups is 1. The van der Waals surface area contributed by atoms with E-state index in [4.69, 9.17) is 4.74 Å². The van der Waals surface area contributed by atoms with Crippen LogP contribution in [0.4, 0.5) is 0 Å². The molecule has 0 radical (unpaired) electrons. The number of aryl methyl sites for hydroxylation is 1. The monoisotopic (exact) mass is 295 g/mol. The van der Waals surface area contributed by atoms with E-state index in [1.165, 1.54) is 0 Å². The summed E-state index contributed by atoms with van der Waals surface area (Å²) < 4.78 is 5.72. The van der Waals surface area contributed by atoms with Crippen LogP contribution < -0.4 is 10.1 Å². The Kier molecular flexibility index (Phi) is 6.40. The first-order valence-corrected chi connectivity index (χ1v) is 7.96. The maximum absolute atomic E-state index is 11.9. The van der Waals surface area contributed by atoms with Crippen LogP contribution in [0.25, 0.3) is 0 Å². The van der Waals surface area contributed by atoms with Crippen molar-refractivity contribution >= 4 is 17.7 Å². The van der Waals surface area contributed by atoms with E-state index in [1.807, 2.05) is 58.9 Å². The third kappa shape index (κ3) is 6.33. The molecule has 0 aliphatic carbocycles.